The molecular formula is C19H22F3NO3. The summed E-state index contributed by atoms with van der Waals surface area (Å²) in [7, 11) is 2.78. The van der Waals surface area contributed by atoms with Crippen molar-refractivity contribution in [1.29, 1.82) is 0 Å². The van der Waals surface area contributed by atoms with Crippen molar-refractivity contribution in [3.8, 4) is 17.2 Å². The van der Waals surface area contributed by atoms with Crippen LogP contribution in [0.1, 0.15) is 16.7 Å². The van der Waals surface area contributed by atoms with Crippen molar-refractivity contribution in [2.75, 3.05) is 20.8 Å². The Balaban J connectivity index is 2.05. The second-order valence-electron chi connectivity index (χ2n) is 5.82. The summed E-state index contributed by atoms with van der Waals surface area (Å²) in [6.45, 7) is 1.05. The van der Waals surface area contributed by atoms with E-state index >= 15 is 0 Å². The molecule has 4 nitrogen and oxygen atoms in total. The molecule has 0 amide bonds. The molecule has 0 unspecified atom stereocenters. The maximum atomic E-state index is 12.7. The molecule has 0 bridgehead atoms. The van der Waals surface area contributed by atoms with E-state index in [1.54, 1.807) is 18.2 Å². The molecule has 0 aliphatic carbocycles. The number of hydrogen-bond donors (Lipinski definition) is 2. The van der Waals surface area contributed by atoms with Crippen molar-refractivity contribution in [2.45, 2.75) is 25.6 Å². The van der Waals surface area contributed by atoms with E-state index < -0.39 is 12.6 Å². The standard InChI is InChI=1S/C19H22F3NO3/c1-25-17-10-15(11-19(20,21)22)18(26-2)9-13(17)7-8-23-12-14-5-3-4-6-16(14)24/h3-6,9-10,23-24H,7-8,11-12H2,1-2H3. The molecule has 7 heteroatoms. The van der Waals surface area contributed by atoms with Gasteiger partial charge in [0.15, 0.2) is 0 Å². The van der Waals surface area contributed by atoms with Gasteiger partial charge in [-0.25, -0.2) is 0 Å². The fourth-order valence-electron chi connectivity index (χ4n) is 2.68. The molecule has 2 aromatic rings. The summed E-state index contributed by atoms with van der Waals surface area (Å²) in [6, 6.07) is 9.98. The van der Waals surface area contributed by atoms with Crippen LogP contribution in [-0.4, -0.2) is 32.0 Å². The Bertz CT molecular complexity index is 732. The Morgan fingerprint density at radius 3 is 2.19 bits per heavy atom. The zero-order valence-electron chi connectivity index (χ0n) is 14.7. The Morgan fingerprint density at radius 2 is 1.58 bits per heavy atom. The highest BCUT2D eigenvalue weighted by atomic mass is 19.4. The third-order valence-corrected chi connectivity index (χ3v) is 3.95. The summed E-state index contributed by atoms with van der Waals surface area (Å²) in [5.41, 5.74) is 1.57. The van der Waals surface area contributed by atoms with E-state index in [9.17, 15) is 18.3 Å². The maximum absolute atomic E-state index is 12.7. The molecule has 0 radical (unpaired) electrons. The quantitative estimate of drug-likeness (QED) is 0.694. The van der Waals surface area contributed by atoms with Gasteiger partial charge in [-0.15, -0.1) is 0 Å². The molecule has 0 spiro atoms. The summed E-state index contributed by atoms with van der Waals surface area (Å²) in [5, 5.41) is 12.9. The van der Waals surface area contributed by atoms with Crippen LogP contribution in [0.3, 0.4) is 0 Å². The van der Waals surface area contributed by atoms with E-state index in [4.69, 9.17) is 9.47 Å². The third-order valence-electron chi connectivity index (χ3n) is 3.95. The van der Waals surface area contributed by atoms with Gasteiger partial charge in [-0.3, -0.25) is 0 Å². The van der Waals surface area contributed by atoms with E-state index in [-0.39, 0.29) is 17.1 Å². The van der Waals surface area contributed by atoms with E-state index in [2.05, 4.69) is 5.32 Å². The number of para-hydroxylation sites is 1. The van der Waals surface area contributed by atoms with Crippen LogP contribution in [0.2, 0.25) is 0 Å². The van der Waals surface area contributed by atoms with Gasteiger partial charge in [-0.1, -0.05) is 18.2 Å². The first kappa shape index (κ1) is 19.9. The number of phenolic OH excluding ortho intramolecular Hbond substituents is 1. The van der Waals surface area contributed by atoms with Gasteiger partial charge in [0.25, 0.3) is 0 Å². The molecule has 0 aliphatic rings. The summed E-state index contributed by atoms with van der Waals surface area (Å²) < 4.78 is 48.5. The minimum atomic E-state index is -4.32. The van der Waals surface area contributed by atoms with Crippen molar-refractivity contribution in [2.24, 2.45) is 0 Å². The monoisotopic (exact) mass is 369 g/mol. The first-order chi connectivity index (χ1) is 12.3. The van der Waals surface area contributed by atoms with Crippen LogP contribution in [0.25, 0.3) is 0 Å². The number of ether oxygens (including phenoxy) is 2. The van der Waals surface area contributed by atoms with Crippen molar-refractivity contribution < 1.29 is 27.8 Å². The number of phenols is 1. The summed E-state index contributed by atoms with van der Waals surface area (Å²) in [5.74, 6) is 0.809. The van der Waals surface area contributed by atoms with Crippen molar-refractivity contribution >= 4 is 0 Å². The Labute approximate surface area is 150 Å². The molecule has 0 aliphatic heterocycles. The Morgan fingerprint density at radius 1 is 0.962 bits per heavy atom. The average Bonchev–Trinajstić information content (AvgIpc) is 2.59. The van der Waals surface area contributed by atoms with Gasteiger partial charge in [-0.2, -0.15) is 13.2 Å². The number of aromatic hydroxyl groups is 1. The van der Waals surface area contributed by atoms with Crippen LogP contribution in [0.4, 0.5) is 13.2 Å². The van der Waals surface area contributed by atoms with Crippen molar-refractivity contribution in [1.82, 2.24) is 5.32 Å². The zero-order chi connectivity index (χ0) is 19.2. The first-order valence-electron chi connectivity index (χ1n) is 8.12. The number of benzene rings is 2. The lowest BCUT2D eigenvalue weighted by Crippen LogP contribution is -2.17. The predicted molar refractivity (Wildman–Crippen MR) is 92.8 cm³/mol. The van der Waals surface area contributed by atoms with Crippen LogP contribution in [0, 0.1) is 0 Å². The van der Waals surface area contributed by atoms with Crippen molar-refractivity contribution in [3.05, 3.63) is 53.1 Å². The summed E-state index contributed by atoms with van der Waals surface area (Å²) >= 11 is 0. The van der Waals surface area contributed by atoms with Gasteiger partial charge >= 0.3 is 6.18 Å². The van der Waals surface area contributed by atoms with Crippen LogP contribution in [0.5, 0.6) is 17.2 Å². The summed E-state index contributed by atoms with van der Waals surface area (Å²) in [6.07, 6.45) is -4.85. The first-order valence-corrected chi connectivity index (χ1v) is 8.12. The lowest BCUT2D eigenvalue weighted by molar-refractivity contribution is -0.127. The molecule has 2 rings (SSSR count). The van der Waals surface area contributed by atoms with Crippen LogP contribution in [-0.2, 0) is 19.4 Å². The largest absolute Gasteiger partial charge is 0.508 e. The number of nitrogens with one attached hydrogen (secondary N) is 1. The molecule has 0 saturated carbocycles. The summed E-state index contributed by atoms with van der Waals surface area (Å²) in [4.78, 5) is 0. The molecule has 0 atom stereocenters. The fourth-order valence-corrected chi connectivity index (χ4v) is 2.68. The molecule has 0 saturated heterocycles. The van der Waals surface area contributed by atoms with Crippen LogP contribution in [0.15, 0.2) is 36.4 Å². The number of rotatable bonds is 8. The van der Waals surface area contributed by atoms with E-state index in [1.807, 2.05) is 12.1 Å². The van der Waals surface area contributed by atoms with Gasteiger partial charge < -0.3 is 19.9 Å². The molecular weight excluding hydrogens is 347 g/mol. The molecule has 142 valence electrons. The van der Waals surface area contributed by atoms with Crippen LogP contribution >= 0.6 is 0 Å². The highest BCUT2D eigenvalue weighted by Crippen LogP contribution is 2.33. The molecule has 2 N–H and O–H groups in total. The SMILES string of the molecule is COc1cc(CC(F)(F)F)c(OC)cc1CCNCc1ccccc1O. The Hall–Kier alpha value is -2.41. The number of alkyl halides is 3. The van der Waals surface area contributed by atoms with E-state index in [0.717, 1.165) is 11.1 Å². The highest BCUT2D eigenvalue weighted by molar-refractivity contribution is 5.47. The lowest BCUT2D eigenvalue weighted by Gasteiger charge is -2.16. The topological polar surface area (TPSA) is 50.7 Å². The molecule has 0 heterocycles. The second-order valence-corrected chi connectivity index (χ2v) is 5.82. The smallest absolute Gasteiger partial charge is 0.393 e. The number of methoxy groups -OCH3 is 2. The lowest BCUT2D eigenvalue weighted by atomic mass is 10.0. The van der Waals surface area contributed by atoms with Gasteiger partial charge in [-0.05, 0) is 36.7 Å². The highest BCUT2D eigenvalue weighted by Gasteiger charge is 2.30. The van der Waals surface area contributed by atoms with E-state index in [0.29, 0.717) is 25.3 Å². The van der Waals surface area contributed by atoms with Crippen molar-refractivity contribution in [3.63, 3.8) is 0 Å². The maximum Gasteiger partial charge on any atom is 0.393 e. The second kappa shape index (κ2) is 8.80. The van der Waals surface area contributed by atoms with Gasteiger partial charge in [0, 0.05) is 17.7 Å². The average molecular weight is 369 g/mol. The number of hydrogen-bond acceptors (Lipinski definition) is 4. The van der Waals surface area contributed by atoms with E-state index in [1.165, 1.54) is 20.3 Å². The molecule has 0 fully saturated rings. The predicted octanol–water partition coefficient (Wildman–Crippen LogP) is 3.85. The Kier molecular flexibility index (Phi) is 6.74. The number of halogens is 3. The zero-order valence-corrected chi connectivity index (χ0v) is 14.7. The fraction of sp³-hybridized carbons (Fsp3) is 0.368. The van der Waals surface area contributed by atoms with Gasteiger partial charge in [0.05, 0.1) is 20.6 Å². The third kappa shape index (κ3) is 5.56. The van der Waals surface area contributed by atoms with Gasteiger partial charge in [0.1, 0.15) is 17.2 Å². The molecule has 26 heavy (non-hydrogen) atoms. The minimum absolute atomic E-state index is 0.0442. The molecule has 2 aromatic carbocycles. The van der Waals surface area contributed by atoms with Crippen LogP contribution < -0.4 is 14.8 Å². The minimum Gasteiger partial charge on any atom is -0.508 e. The normalized spacial score (nSPS) is 11.4. The molecule has 0 aromatic heterocycles. The van der Waals surface area contributed by atoms with Gasteiger partial charge in [0.2, 0.25) is 0 Å².